The molecule has 1 atom stereocenters. The van der Waals surface area contributed by atoms with Crippen LogP contribution in [0.25, 0.3) is 0 Å². The number of hydrogen-bond donors (Lipinski definition) is 1. The fourth-order valence-corrected chi connectivity index (χ4v) is 3.05. The summed E-state index contributed by atoms with van der Waals surface area (Å²) >= 11 is 3.43. The number of nitrogens with zero attached hydrogens (tertiary/aromatic N) is 1. The fraction of sp³-hybridized carbons (Fsp3) is 0.529. The van der Waals surface area contributed by atoms with Crippen molar-refractivity contribution in [2.24, 2.45) is 11.8 Å². The monoisotopic (exact) mass is 383 g/mol. The number of aliphatic carboxylic acids is 1. The Labute approximate surface area is 144 Å². The lowest BCUT2D eigenvalue weighted by atomic mass is 9.96. The first-order chi connectivity index (χ1) is 10.9. The molecule has 1 fully saturated rings. The van der Waals surface area contributed by atoms with E-state index in [1.54, 1.807) is 4.90 Å². The van der Waals surface area contributed by atoms with Crippen LogP contribution in [0.2, 0.25) is 0 Å². The fourth-order valence-electron chi connectivity index (χ4n) is 2.68. The number of carboxylic acid groups (broad SMARTS) is 1. The van der Waals surface area contributed by atoms with Gasteiger partial charge in [0.1, 0.15) is 5.75 Å². The predicted octanol–water partition coefficient (Wildman–Crippen LogP) is 3.18. The SMILES string of the molecule is CC(C)[C@H](Oc1ccccc1Br)C(=O)N1CCC(C(=O)O)CC1. The molecule has 1 saturated heterocycles. The third-order valence-electron chi connectivity index (χ3n) is 4.10. The second kappa shape index (κ2) is 7.81. The van der Waals surface area contributed by atoms with Gasteiger partial charge in [-0.1, -0.05) is 26.0 Å². The predicted molar refractivity (Wildman–Crippen MR) is 90.3 cm³/mol. The van der Waals surface area contributed by atoms with Crippen LogP contribution in [0.1, 0.15) is 26.7 Å². The Bertz CT molecular complexity index is 567. The Balaban J connectivity index is 2.05. The Morgan fingerprint density at radius 2 is 1.87 bits per heavy atom. The third-order valence-corrected chi connectivity index (χ3v) is 4.75. The van der Waals surface area contributed by atoms with Crippen molar-refractivity contribution in [3.05, 3.63) is 28.7 Å². The highest BCUT2D eigenvalue weighted by atomic mass is 79.9. The number of carbonyl (C=O) groups excluding carboxylic acids is 1. The average Bonchev–Trinajstić information content (AvgIpc) is 2.53. The van der Waals surface area contributed by atoms with Crippen molar-refractivity contribution in [2.45, 2.75) is 32.8 Å². The van der Waals surface area contributed by atoms with E-state index in [1.165, 1.54) is 0 Å². The zero-order valence-electron chi connectivity index (χ0n) is 13.4. The van der Waals surface area contributed by atoms with Gasteiger partial charge in [-0.15, -0.1) is 0 Å². The molecule has 1 heterocycles. The molecule has 1 aromatic rings. The number of rotatable bonds is 5. The largest absolute Gasteiger partial charge is 0.481 e. The van der Waals surface area contributed by atoms with E-state index in [4.69, 9.17) is 9.84 Å². The minimum absolute atomic E-state index is 0.0202. The van der Waals surface area contributed by atoms with Gasteiger partial charge in [-0.2, -0.15) is 0 Å². The van der Waals surface area contributed by atoms with E-state index in [-0.39, 0.29) is 17.7 Å². The highest BCUT2D eigenvalue weighted by molar-refractivity contribution is 9.10. The highest BCUT2D eigenvalue weighted by Crippen LogP contribution is 2.27. The van der Waals surface area contributed by atoms with E-state index in [1.807, 2.05) is 38.1 Å². The van der Waals surface area contributed by atoms with Crippen LogP contribution in [-0.4, -0.2) is 41.1 Å². The van der Waals surface area contributed by atoms with Gasteiger partial charge < -0.3 is 14.7 Å². The maximum absolute atomic E-state index is 12.8. The van der Waals surface area contributed by atoms with E-state index in [0.29, 0.717) is 31.7 Å². The van der Waals surface area contributed by atoms with Crippen molar-refractivity contribution in [3.63, 3.8) is 0 Å². The standard InChI is InChI=1S/C17H22BrNO4/c1-11(2)15(23-14-6-4-3-5-13(14)18)16(20)19-9-7-12(8-10-19)17(21)22/h3-6,11-12,15H,7-10H2,1-2H3,(H,21,22)/t15-/m0/s1. The molecule has 0 aromatic heterocycles. The molecule has 1 amide bonds. The number of hydrogen-bond acceptors (Lipinski definition) is 3. The van der Waals surface area contributed by atoms with Crippen LogP contribution in [0, 0.1) is 11.8 Å². The molecule has 1 aliphatic heterocycles. The molecule has 1 aromatic carbocycles. The number of amides is 1. The van der Waals surface area contributed by atoms with E-state index in [0.717, 1.165) is 4.47 Å². The molecule has 0 bridgehead atoms. The molecule has 23 heavy (non-hydrogen) atoms. The highest BCUT2D eigenvalue weighted by Gasteiger charge is 2.33. The summed E-state index contributed by atoms with van der Waals surface area (Å²) in [5.41, 5.74) is 0. The van der Waals surface area contributed by atoms with Crippen molar-refractivity contribution in [1.29, 1.82) is 0 Å². The first-order valence-electron chi connectivity index (χ1n) is 7.83. The first-order valence-corrected chi connectivity index (χ1v) is 8.62. The van der Waals surface area contributed by atoms with E-state index in [9.17, 15) is 9.59 Å². The summed E-state index contributed by atoms with van der Waals surface area (Å²) in [5.74, 6) is -0.533. The molecule has 0 radical (unpaired) electrons. The normalized spacial score (nSPS) is 17.1. The van der Waals surface area contributed by atoms with Gasteiger partial charge in [-0.25, -0.2) is 0 Å². The second-order valence-corrected chi connectivity index (χ2v) is 7.01. The summed E-state index contributed by atoms with van der Waals surface area (Å²) in [6, 6.07) is 7.44. The number of halogens is 1. The Morgan fingerprint density at radius 1 is 1.26 bits per heavy atom. The number of benzene rings is 1. The smallest absolute Gasteiger partial charge is 0.306 e. The van der Waals surface area contributed by atoms with E-state index in [2.05, 4.69) is 15.9 Å². The minimum Gasteiger partial charge on any atom is -0.481 e. The Morgan fingerprint density at radius 3 is 2.39 bits per heavy atom. The molecule has 0 spiro atoms. The molecular weight excluding hydrogens is 362 g/mol. The zero-order chi connectivity index (χ0) is 17.0. The Kier molecular flexibility index (Phi) is 6.04. The van der Waals surface area contributed by atoms with Gasteiger partial charge in [-0.05, 0) is 46.8 Å². The number of carboxylic acids is 1. The number of carbonyl (C=O) groups is 2. The van der Waals surface area contributed by atoms with Crippen LogP contribution < -0.4 is 4.74 Å². The number of likely N-dealkylation sites (tertiary alicyclic amines) is 1. The van der Waals surface area contributed by atoms with Crippen molar-refractivity contribution in [2.75, 3.05) is 13.1 Å². The lowest BCUT2D eigenvalue weighted by molar-refractivity contribution is -0.148. The van der Waals surface area contributed by atoms with Gasteiger partial charge in [0.25, 0.3) is 5.91 Å². The number of piperidine rings is 1. The molecule has 2 rings (SSSR count). The van der Waals surface area contributed by atoms with Crippen LogP contribution in [0.15, 0.2) is 28.7 Å². The molecule has 5 nitrogen and oxygen atoms in total. The van der Waals surface area contributed by atoms with Gasteiger partial charge in [0.05, 0.1) is 10.4 Å². The maximum atomic E-state index is 12.8. The van der Waals surface area contributed by atoms with Crippen LogP contribution >= 0.6 is 15.9 Å². The quantitative estimate of drug-likeness (QED) is 0.847. The maximum Gasteiger partial charge on any atom is 0.306 e. The third kappa shape index (κ3) is 4.47. The molecule has 0 saturated carbocycles. The van der Waals surface area contributed by atoms with Gasteiger partial charge in [0, 0.05) is 13.1 Å². The summed E-state index contributed by atoms with van der Waals surface area (Å²) in [6.07, 6.45) is 0.428. The minimum atomic E-state index is -0.776. The summed E-state index contributed by atoms with van der Waals surface area (Å²) in [7, 11) is 0. The van der Waals surface area contributed by atoms with Crippen LogP contribution in [0.4, 0.5) is 0 Å². The number of ether oxygens (including phenoxy) is 1. The number of para-hydroxylation sites is 1. The lowest BCUT2D eigenvalue weighted by Crippen LogP contribution is -2.48. The van der Waals surface area contributed by atoms with Gasteiger partial charge in [-0.3, -0.25) is 9.59 Å². The molecule has 0 aliphatic carbocycles. The van der Waals surface area contributed by atoms with Crippen molar-refractivity contribution < 1.29 is 19.4 Å². The first kappa shape index (κ1) is 17.8. The Hall–Kier alpha value is -1.56. The molecule has 126 valence electrons. The summed E-state index contributed by atoms with van der Waals surface area (Å²) in [6.45, 7) is 4.84. The molecular formula is C17H22BrNO4. The average molecular weight is 384 g/mol. The zero-order valence-corrected chi connectivity index (χ0v) is 15.0. The van der Waals surface area contributed by atoms with Crippen molar-refractivity contribution in [3.8, 4) is 5.75 Å². The van der Waals surface area contributed by atoms with Gasteiger partial charge in [0.2, 0.25) is 0 Å². The molecule has 6 heteroatoms. The van der Waals surface area contributed by atoms with Gasteiger partial charge >= 0.3 is 5.97 Å². The summed E-state index contributed by atoms with van der Waals surface area (Å²) in [4.78, 5) is 25.5. The lowest BCUT2D eigenvalue weighted by Gasteiger charge is -2.34. The second-order valence-electron chi connectivity index (χ2n) is 6.15. The van der Waals surface area contributed by atoms with Crippen LogP contribution in [0.5, 0.6) is 5.75 Å². The van der Waals surface area contributed by atoms with Crippen LogP contribution in [-0.2, 0) is 9.59 Å². The molecule has 0 unspecified atom stereocenters. The topological polar surface area (TPSA) is 66.8 Å². The van der Waals surface area contributed by atoms with Crippen LogP contribution in [0.3, 0.4) is 0 Å². The summed E-state index contributed by atoms with van der Waals surface area (Å²) in [5, 5.41) is 9.05. The summed E-state index contributed by atoms with van der Waals surface area (Å²) < 4.78 is 6.75. The van der Waals surface area contributed by atoms with Gasteiger partial charge in [0.15, 0.2) is 6.10 Å². The molecule has 1 N–H and O–H groups in total. The van der Waals surface area contributed by atoms with Crippen molar-refractivity contribution >= 4 is 27.8 Å². The van der Waals surface area contributed by atoms with E-state index < -0.39 is 12.1 Å². The van der Waals surface area contributed by atoms with Crippen molar-refractivity contribution in [1.82, 2.24) is 4.90 Å². The molecule has 1 aliphatic rings. The van der Waals surface area contributed by atoms with E-state index >= 15 is 0 Å².